The summed E-state index contributed by atoms with van der Waals surface area (Å²) >= 11 is 1.83. The third-order valence-electron chi connectivity index (χ3n) is 5.18. The first-order valence-corrected chi connectivity index (χ1v) is 10.2. The van der Waals surface area contributed by atoms with Crippen LogP contribution < -0.4 is 4.90 Å². The van der Waals surface area contributed by atoms with E-state index in [1.807, 2.05) is 48.2 Å². The van der Waals surface area contributed by atoms with Crippen LogP contribution in [0, 0.1) is 5.82 Å². The Labute approximate surface area is 167 Å². The fourth-order valence-electron chi connectivity index (χ4n) is 3.98. The van der Waals surface area contributed by atoms with E-state index in [2.05, 4.69) is 35.2 Å². The van der Waals surface area contributed by atoms with E-state index in [0.29, 0.717) is 5.25 Å². The number of nitrogens with zero attached hydrogens (tertiary/aromatic N) is 2. The maximum absolute atomic E-state index is 13.6. The second-order valence-corrected chi connectivity index (χ2v) is 8.58. The van der Waals surface area contributed by atoms with Gasteiger partial charge < -0.3 is 4.84 Å². The molecule has 2 heterocycles. The van der Waals surface area contributed by atoms with Gasteiger partial charge in [-0.15, -0.1) is 11.8 Å². The number of oxime groups is 1. The molecule has 0 fully saturated rings. The summed E-state index contributed by atoms with van der Waals surface area (Å²) in [5.41, 5.74) is 2.13. The van der Waals surface area contributed by atoms with Gasteiger partial charge in [0, 0.05) is 27.7 Å². The molecule has 0 saturated heterocycles. The number of para-hydroxylation sites is 1. The largest absolute Gasteiger partial charge is 0.360 e. The molecule has 2 aliphatic heterocycles. The van der Waals surface area contributed by atoms with Crippen LogP contribution in [0.15, 0.2) is 88.9 Å². The molecule has 0 bridgehead atoms. The predicted molar refractivity (Wildman–Crippen MR) is 111 cm³/mol. The number of halogens is 1. The highest BCUT2D eigenvalue weighted by Crippen LogP contribution is 2.51. The number of hydrogen-bond donors (Lipinski definition) is 0. The first kappa shape index (κ1) is 17.3. The lowest BCUT2D eigenvalue weighted by Gasteiger charge is -2.37. The van der Waals surface area contributed by atoms with Crippen LogP contribution in [0.2, 0.25) is 0 Å². The lowest BCUT2D eigenvalue weighted by atomic mass is 9.94. The van der Waals surface area contributed by atoms with Crippen molar-refractivity contribution in [3.05, 3.63) is 95.8 Å². The van der Waals surface area contributed by atoms with E-state index in [9.17, 15) is 4.39 Å². The fourth-order valence-corrected chi connectivity index (χ4v) is 5.16. The van der Waals surface area contributed by atoms with Gasteiger partial charge in [-0.2, -0.15) is 0 Å². The van der Waals surface area contributed by atoms with Gasteiger partial charge in [-0.3, -0.25) is 4.90 Å². The number of benzene rings is 3. The quantitative estimate of drug-likeness (QED) is 0.556. The number of thioether (sulfide) groups is 1. The van der Waals surface area contributed by atoms with E-state index < -0.39 is 5.72 Å². The van der Waals surface area contributed by atoms with Crippen molar-refractivity contribution in [2.75, 3.05) is 4.90 Å². The topological polar surface area (TPSA) is 24.8 Å². The molecule has 2 atom stereocenters. The molecular formula is C23H19FN2OS. The van der Waals surface area contributed by atoms with Crippen molar-refractivity contribution < 1.29 is 9.23 Å². The smallest absolute Gasteiger partial charge is 0.242 e. The standard InChI is InChI=1S/C23H19FN2OS/c1-16-15-23(18-11-13-19(24)14-12-18)26(20-9-5-6-10-21(20)28-16)22(25-27-23)17-7-3-2-4-8-17/h2-14,16H,15H2,1H3/t16-,23-/m1/s1. The van der Waals surface area contributed by atoms with Gasteiger partial charge in [0.15, 0.2) is 5.84 Å². The molecule has 5 rings (SSSR count). The Morgan fingerprint density at radius 1 is 1.00 bits per heavy atom. The van der Waals surface area contributed by atoms with Crippen LogP contribution in [0.5, 0.6) is 0 Å². The zero-order valence-corrected chi connectivity index (χ0v) is 16.2. The summed E-state index contributed by atoms with van der Waals surface area (Å²) < 4.78 is 13.6. The van der Waals surface area contributed by atoms with Crippen LogP contribution in [0.3, 0.4) is 0 Å². The minimum absolute atomic E-state index is 0.259. The van der Waals surface area contributed by atoms with Crippen LogP contribution in [0.1, 0.15) is 24.5 Å². The third-order valence-corrected chi connectivity index (χ3v) is 6.35. The minimum Gasteiger partial charge on any atom is -0.360 e. The fraction of sp³-hybridized carbons (Fsp3) is 0.174. The van der Waals surface area contributed by atoms with Crippen LogP contribution in [-0.4, -0.2) is 11.1 Å². The van der Waals surface area contributed by atoms with Gasteiger partial charge in [0.2, 0.25) is 5.72 Å². The Kier molecular flexibility index (Phi) is 4.13. The van der Waals surface area contributed by atoms with Crippen molar-refractivity contribution >= 4 is 23.3 Å². The van der Waals surface area contributed by atoms with Gasteiger partial charge >= 0.3 is 0 Å². The van der Waals surface area contributed by atoms with Crippen LogP contribution in [0.4, 0.5) is 10.1 Å². The summed E-state index contributed by atoms with van der Waals surface area (Å²) in [5.74, 6) is 0.511. The summed E-state index contributed by atoms with van der Waals surface area (Å²) in [4.78, 5) is 9.59. The monoisotopic (exact) mass is 390 g/mol. The number of rotatable bonds is 2. The molecule has 5 heteroatoms. The third kappa shape index (κ3) is 2.69. The van der Waals surface area contributed by atoms with Crippen molar-refractivity contribution in [1.82, 2.24) is 0 Å². The molecule has 3 aromatic carbocycles. The van der Waals surface area contributed by atoms with Crippen molar-refractivity contribution in [3.63, 3.8) is 0 Å². The van der Waals surface area contributed by atoms with E-state index in [1.54, 1.807) is 12.1 Å². The van der Waals surface area contributed by atoms with Crippen molar-refractivity contribution in [2.24, 2.45) is 5.16 Å². The van der Waals surface area contributed by atoms with Crippen LogP contribution >= 0.6 is 11.8 Å². The molecule has 2 aliphatic rings. The second-order valence-electron chi connectivity index (χ2n) is 7.10. The van der Waals surface area contributed by atoms with Gasteiger partial charge in [0.25, 0.3) is 0 Å². The summed E-state index contributed by atoms with van der Waals surface area (Å²) in [6.45, 7) is 2.19. The highest BCUT2D eigenvalue weighted by molar-refractivity contribution is 8.00. The summed E-state index contributed by atoms with van der Waals surface area (Å²) in [5, 5.41) is 4.83. The first-order chi connectivity index (χ1) is 13.7. The lowest BCUT2D eigenvalue weighted by molar-refractivity contribution is -0.0274. The minimum atomic E-state index is -0.808. The number of amidine groups is 1. The molecule has 28 heavy (non-hydrogen) atoms. The molecule has 0 amide bonds. The van der Waals surface area contributed by atoms with E-state index >= 15 is 0 Å². The molecule has 0 aliphatic carbocycles. The Bertz CT molecular complexity index is 1040. The van der Waals surface area contributed by atoms with Gasteiger partial charge in [-0.05, 0) is 24.3 Å². The first-order valence-electron chi connectivity index (χ1n) is 9.31. The Hall–Kier alpha value is -2.79. The molecule has 140 valence electrons. The molecule has 0 N–H and O–H groups in total. The summed E-state index contributed by atoms with van der Waals surface area (Å²) in [6.07, 6.45) is 0.720. The molecule has 0 saturated carbocycles. The van der Waals surface area contributed by atoms with Gasteiger partial charge in [-0.25, -0.2) is 4.39 Å². The number of anilines is 1. The van der Waals surface area contributed by atoms with E-state index in [4.69, 9.17) is 4.84 Å². The zero-order valence-electron chi connectivity index (χ0n) is 15.4. The molecule has 0 radical (unpaired) electrons. The normalized spacial score (nSPS) is 23.3. The van der Waals surface area contributed by atoms with E-state index in [1.165, 1.54) is 17.0 Å². The Morgan fingerprint density at radius 2 is 1.71 bits per heavy atom. The van der Waals surface area contributed by atoms with Gasteiger partial charge in [0.05, 0.1) is 5.69 Å². The van der Waals surface area contributed by atoms with Crippen molar-refractivity contribution in [3.8, 4) is 0 Å². The van der Waals surface area contributed by atoms with E-state index in [0.717, 1.165) is 29.1 Å². The Balaban J connectivity index is 1.74. The van der Waals surface area contributed by atoms with Crippen LogP contribution in [-0.2, 0) is 10.6 Å². The highest BCUT2D eigenvalue weighted by atomic mass is 32.2. The Morgan fingerprint density at radius 3 is 2.50 bits per heavy atom. The SMILES string of the molecule is C[C@@H]1C[C@]2(c3ccc(F)cc3)ON=C(c3ccccc3)N2c2ccccc2S1. The molecule has 0 aromatic heterocycles. The average Bonchev–Trinajstić information content (AvgIpc) is 3.03. The lowest BCUT2D eigenvalue weighted by Crippen LogP contribution is -2.47. The molecule has 0 unspecified atom stereocenters. The molecule has 0 spiro atoms. The van der Waals surface area contributed by atoms with E-state index in [-0.39, 0.29) is 5.82 Å². The number of fused-ring (bicyclic) bond motifs is 3. The highest BCUT2D eigenvalue weighted by Gasteiger charge is 2.52. The van der Waals surface area contributed by atoms with Gasteiger partial charge in [-0.1, -0.05) is 66.7 Å². The maximum atomic E-state index is 13.6. The maximum Gasteiger partial charge on any atom is 0.242 e. The summed E-state index contributed by atoms with van der Waals surface area (Å²) in [6, 6.07) is 25.0. The van der Waals surface area contributed by atoms with Gasteiger partial charge in [0.1, 0.15) is 5.82 Å². The zero-order chi connectivity index (χ0) is 19.1. The number of hydrogen-bond acceptors (Lipinski definition) is 4. The second kappa shape index (κ2) is 6.67. The van der Waals surface area contributed by atoms with Crippen molar-refractivity contribution in [1.29, 1.82) is 0 Å². The summed E-state index contributed by atoms with van der Waals surface area (Å²) in [7, 11) is 0. The average molecular weight is 390 g/mol. The predicted octanol–water partition coefficient (Wildman–Crippen LogP) is 5.76. The van der Waals surface area contributed by atoms with Crippen molar-refractivity contribution in [2.45, 2.75) is 29.2 Å². The molecular weight excluding hydrogens is 371 g/mol. The molecule has 3 nitrogen and oxygen atoms in total. The van der Waals surface area contributed by atoms with Crippen LogP contribution in [0.25, 0.3) is 0 Å². The molecule has 3 aromatic rings.